The number of rotatable bonds is 10. The van der Waals surface area contributed by atoms with Gasteiger partial charge in [0.15, 0.2) is 0 Å². The van der Waals surface area contributed by atoms with Crippen LogP contribution < -0.4 is 0 Å². The molecule has 1 aromatic heterocycles. The van der Waals surface area contributed by atoms with Gasteiger partial charge in [-0.05, 0) is 66.6 Å². The van der Waals surface area contributed by atoms with E-state index < -0.39 is 0 Å². The predicted molar refractivity (Wildman–Crippen MR) is 120 cm³/mol. The zero-order chi connectivity index (χ0) is 20.5. The van der Waals surface area contributed by atoms with E-state index in [1.54, 1.807) is 7.11 Å². The Balaban J connectivity index is 1.60. The summed E-state index contributed by atoms with van der Waals surface area (Å²) in [6.07, 6.45) is 6.37. The summed E-state index contributed by atoms with van der Waals surface area (Å²) in [4.78, 5) is 9.34. The Kier molecular flexibility index (Phi) is 8.66. The number of ether oxygens (including phenoxy) is 1. The van der Waals surface area contributed by atoms with Gasteiger partial charge in [0, 0.05) is 45.7 Å². The summed E-state index contributed by atoms with van der Waals surface area (Å²) in [6.45, 7) is 11.9. The number of likely N-dealkylation sites (tertiary alicyclic amines) is 1. The van der Waals surface area contributed by atoms with Crippen molar-refractivity contribution in [1.29, 1.82) is 0 Å². The van der Waals surface area contributed by atoms with E-state index in [4.69, 9.17) is 4.74 Å². The van der Waals surface area contributed by atoms with E-state index in [0.29, 0.717) is 5.92 Å². The summed E-state index contributed by atoms with van der Waals surface area (Å²) in [7, 11) is 1.79. The number of methoxy groups -OCH3 is 1. The molecule has 0 amide bonds. The molecule has 4 heteroatoms. The van der Waals surface area contributed by atoms with Crippen LogP contribution in [0.4, 0.5) is 0 Å². The van der Waals surface area contributed by atoms with Crippen LogP contribution in [0.1, 0.15) is 49.3 Å². The van der Waals surface area contributed by atoms with Crippen LogP contribution >= 0.6 is 0 Å². The lowest BCUT2D eigenvalue weighted by Gasteiger charge is -2.35. The maximum absolute atomic E-state index is 5.24. The molecule has 0 radical (unpaired) electrons. The van der Waals surface area contributed by atoms with E-state index in [2.05, 4.69) is 65.0 Å². The standard InChI is InChI=1S/C25H37N3O/c1-21(2)25-6-4-22(5-7-25)18-28(19-23-8-12-26-13-9-23)20-24-10-14-27(15-11-24)16-17-29-3/h4-9,12-13,21,24H,10-11,14-20H2,1-3H3. The first-order chi connectivity index (χ1) is 14.1. The number of hydrogen-bond acceptors (Lipinski definition) is 4. The Bertz CT molecular complexity index is 694. The van der Waals surface area contributed by atoms with E-state index in [-0.39, 0.29) is 0 Å². The molecular weight excluding hydrogens is 358 g/mol. The molecule has 158 valence electrons. The van der Waals surface area contributed by atoms with Crippen molar-refractivity contribution in [3.63, 3.8) is 0 Å². The second-order valence-corrected chi connectivity index (χ2v) is 8.70. The quantitative estimate of drug-likeness (QED) is 0.589. The number of benzene rings is 1. The monoisotopic (exact) mass is 395 g/mol. The average molecular weight is 396 g/mol. The summed E-state index contributed by atoms with van der Waals surface area (Å²) >= 11 is 0. The Morgan fingerprint density at radius 1 is 1.00 bits per heavy atom. The summed E-state index contributed by atoms with van der Waals surface area (Å²) < 4.78 is 5.24. The minimum absolute atomic E-state index is 0.584. The molecule has 1 aliphatic heterocycles. The maximum Gasteiger partial charge on any atom is 0.0589 e. The van der Waals surface area contributed by atoms with Crippen molar-refractivity contribution in [3.8, 4) is 0 Å². The van der Waals surface area contributed by atoms with Gasteiger partial charge in [0.1, 0.15) is 0 Å². The van der Waals surface area contributed by atoms with Gasteiger partial charge >= 0.3 is 0 Å². The predicted octanol–water partition coefficient (Wildman–Crippen LogP) is 4.57. The van der Waals surface area contributed by atoms with Crippen LogP contribution in [-0.4, -0.2) is 54.7 Å². The molecular formula is C25H37N3O. The minimum Gasteiger partial charge on any atom is -0.383 e. The van der Waals surface area contributed by atoms with E-state index in [1.165, 1.54) is 42.6 Å². The van der Waals surface area contributed by atoms with Crippen LogP contribution in [0.25, 0.3) is 0 Å². The molecule has 1 aromatic carbocycles. The third-order valence-electron chi connectivity index (χ3n) is 6.04. The first-order valence-electron chi connectivity index (χ1n) is 11.1. The molecule has 29 heavy (non-hydrogen) atoms. The zero-order valence-electron chi connectivity index (χ0n) is 18.4. The molecule has 2 heterocycles. The normalized spacial score (nSPS) is 16.0. The van der Waals surface area contributed by atoms with Crippen LogP contribution in [0.15, 0.2) is 48.8 Å². The second-order valence-electron chi connectivity index (χ2n) is 8.70. The van der Waals surface area contributed by atoms with Crippen LogP contribution in [0.5, 0.6) is 0 Å². The number of pyridine rings is 1. The number of nitrogens with zero attached hydrogens (tertiary/aromatic N) is 3. The highest BCUT2D eigenvalue weighted by molar-refractivity contribution is 5.24. The molecule has 3 rings (SSSR count). The molecule has 1 fully saturated rings. The lowest BCUT2D eigenvalue weighted by Crippen LogP contribution is -2.39. The van der Waals surface area contributed by atoms with Crippen LogP contribution in [0.3, 0.4) is 0 Å². The number of aromatic nitrogens is 1. The third-order valence-corrected chi connectivity index (χ3v) is 6.04. The first-order valence-corrected chi connectivity index (χ1v) is 11.1. The highest BCUT2D eigenvalue weighted by Gasteiger charge is 2.21. The largest absolute Gasteiger partial charge is 0.383 e. The Morgan fingerprint density at radius 3 is 2.21 bits per heavy atom. The zero-order valence-corrected chi connectivity index (χ0v) is 18.4. The van der Waals surface area contributed by atoms with Crippen LogP contribution in [-0.2, 0) is 17.8 Å². The topological polar surface area (TPSA) is 28.6 Å². The van der Waals surface area contributed by atoms with Gasteiger partial charge in [0.25, 0.3) is 0 Å². The summed E-state index contributed by atoms with van der Waals surface area (Å²) in [6, 6.07) is 13.5. The van der Waals surface area contributed by atoms with E-state index in [1.807, 2.05) is 12.4 Å². The lowest BCUT2D eigenvalue weighted by atomic mass is 9.95. The van der Waals surface area contributed by atoms with Gasteiger partial charge in [-0.2, -0.15) is 0 Å². The van der Waals surface area contributed by atoms with Crippen molar-refractivity contribution in [2.24, 2.45) is 5.92 Å². The Hall–Kier alpha value is -1.75. The van der Waals surface area contributed by atoms with Gasteiger partial charge in [-0.3, -0.25) is 9.88 Å². The molecule has 0 unspecified atom stereocenters. The van der Waals surface area contributed by atoms with Crippen molar-refractivity contribution in [1.82, 2.24) is 14.8 Å². The Morgan fingerprint density at radius 2 is 1.62 bits per heavy atom. The second kappa shape index (κ2) is 11.4. The van der Waals surface area contributed by atoms with Gasteiger partial charge in [0.2, 0.25) is 0 Å². The molecule has 1 aliphatic rings. The maximum atomic E-state index is 5.24. The molecule has 0 N–H and O–H groups in total. The molecule has 0 aliphatic carbocycles. The van der Waals surface area contributed by atoms with Gasteiger partial charge in [0.05, 0.1) is 6.61 Å². The molecule has 0 atom stereocenters. The summed E-state index contributed by atoms with van der Waals surface area (Å²) in [5.41, 5.74) is 4.16. The number of piperidine rings is 1. The smallest absolute Gasteiger partial charge is 0.0589 e. The number of hydrogen-bond donors (Lipinski definition) is 0. The van der Waals surface area contributed by atoms with E-state index in [9.17, 15) is 0 Å². The third kappa shape index (κ3) is 7.22. The Labute approximate surface area is 176 Å². The SMILES string of the molecule is COCCN1CCC(CN(Cc2ccncc2)Cc2ccc(C(C)C)cc2)CC1. The highest BCUT2D eigenvalue weighted by atomic mass is 16.5. The molecule has 0 bridgehead atoms. The van der Waals surface area contributed by atoms with Crippen molar-refractivity contribution < 1.29 is 4.74 Å². The molecule has 4 nitrogen and oxygen atoms in total. The van der Waals surface area contributed by atoms with Crippen molar-refractivity contribution in [2.75, 3.05) is 39.9 Å². The van der Waals surface area contributed by atoms with Gasteiger partial charge in [-0.25, -0.2) is 0 Å². The average Bonchev–Trinajstić information content (AvgIpc) is 2.74. The van der Waals surface area contributed by atoms with Gasteiger partial charge in [-0.15, -0.1) is 0 Å². The first kappa shape index (κ1) is 21.9. The van der Waals surface area contributed by atoms with E-state index in [0.717, 1.165) is 38.7 Å². The molecule has 0 saturated carbocycles. The van der Waals surface area contributed by atoms with Crippen LogP contribution in [0.2, 0.25) is 0 Å². The summed E-state index contributed by atoms with van der Waals surface area (Å²) in [5, 5.41) is 0. The van der Waals surface area contributed by atoms with Crippen molar-refractivity contribution >= 4 is 0 Å². The molecule has 2 aromatic rings. The van der Waals surface area contributed by atoms with Crippen molar-refractivity contribution in [3.05, 3.63) is 65.5 Å². The van der Waals surface area contributed by atoms with Crippen LogP contribution in [0, 0.1) is 5.92 Å². The highest BCUT2D eigenvalue weighted by Crippen LogP contribution is 2.22. The van der Waals surface area contributed by atoms with Gasteiger partial charge < -0.3 is 9.64 Å². The summed E-state index contributed by atoms with van der Waals surface area (Å²) in [5.74, 6) is 1.35. The fraction of sp³-hybridized carbons (Fsp3) is 0.560. The fourth-order valence-corrected chi connectivity index (χ4v) is 4.18. The molecule has 0 spiro atoms. The lowest BCUT2D eigenvalue weighted by molar-refractivity contribution is 0.104. The van der Waals surface area contributed by atoms with E-state index >= 15 is 0 Å². The molecule has 1 saturated heterocycles. The minimum atomic E-state index is 0.584. The fourth-order valence-electron chi connectivity index (χ4n) is 4.18. The van der Waals surface area contributed by atoms with Crippen molar-refractivity contribution in [2.45, 2.75) is 45.7 Å². The van der Waals surface area contributed by atoms with Gasteiger partial charge in [-0.1, -0.05) is 38.1 Å².